The fourth-order valence-electron chi connectivity index (χ4n) is 2.46. The van der Waals surface area contributed by atoms with Gasteiger partial charge in [-0.2, -0.15) is 0 Å². The molecule has 0 aliphatic carbocycles. The average molecular weight is 318 g/mol. The first-order chi connectivity index (χ1) is 11.7. The van der Waals surface area contributed by atoms with Crippen LogP contribution in [0.2, 0.25) is 0 Å². The summed E-state index contributed by atoms with van der Waals surface area (Å²) in [6.07, 6.45) is 8.72. The molecule has 1 N–H and O–H groups in total. The number of nitrogens with zero attached hydrogens (tertiary/aromatic N) is 5. The Hall–Kier alpha value is -3.48. The van der Waals surface area contributed by atoms with E-state index in [1.54, 1.807) is 29.1 Å². The van der Waals surface area contributed by atoms with Crippen molar-refractivity contribution >= 4 is 17.2 Å². The largest absolute Gasteiger partial charge is 0.319 e. The Balaban J connectivity index is 1.54. The SMILES string of the molecule is Cc1nccn1-c1ccc(NC(=O)c2cn3ccccc3n2)cn1. The van der Waals surface area contributed by atoms with E-state index in [-0.39, 0.29) is 5.91 Å². The maximum absolute atomic E-state index is 12.3. The molecule has 0 aliphatic heterocycles. The van der Waals surface area contributed by atoms with Crippen LogP contribution in [-0.2, 0) is 0 Å². The molecule has 1 amide bonds. The lowest BCUT2D eigenvalue weighted by molar-refractivity contribution is 0.102. The molecule has 0 radical (unpaired) electrons. The van der Waals surface area contributed by atoms with E-state index < -0.39 is 0 Å². The van der Waals surface area contributed by atoms with E-state index in [1.807, 2.05) is 48.1 Å². The quantitative estimate of drug-likeness (QED) is 0.629. The third-order valence-corrected chi connectivity index (χ3v) is 3.67. The van der Waals surface area contributed by atoms with Crippen LogP contribution >= 0.6 is 0 Å². The van der Waals surface area contributed by atoms with Crippen molar-refractivity contribution in [2.75, 3.05) is 5.32 Å². The minimum atomic E-state index is -0.271. The van der Waals surface area contributed by atoms with Crippen LogP contribution in [0.15, 0.2) is 61.3 Å². The number of hydrogen-bond acceptors (Lipinski definition) is 4. The Morgan fingerprint density at radius 3 is 2.75 bits per heavy atom. The summed E-state index contributed by atoms with van der Waals surface area (Å²) in [6, 6.07) is 9.24. The zero-order valence-corrected chi connectivity index (χ0v) is 12.9. The standard InChI is InChI=1S/C17H14N6O/c1-12-18-7-9-23(12)15-6-5-13(10-19-15)20-17(24)14-11-22-8-3-2-4-16(22)21-14/h2-11H,1H3,(H,20,24). The monoisotopic (exact) mass is 318 g/mol. The zero-order chi connectivity index (χ0) is 16.5. The summed E-state index contributed by atoms with van der Waals surface area (Å²) in [5, 5.41) is 2.80. The van der Waals surface area contributed by atoms with Crippen molar-refractivity contribution in [3.8, 4) is 5.82 Å². The summed E-state index contributed by atoms with van der Waals surface area (Å²) in [6.45, 7) is 1.90. The molecule has 7 nitrogen and oxygen atoms in total. The van der Waals surface area contributed by atoms with Crippen LogP contribution in [0.4, 0.5) is 5.69 Å². The van der Waals surface area contributed by atoms with Crippen molar-refractivity contribution in [1.82, 2.24) is 23.9 Å². The van der Waals surface area contributed by atoms with E-state index in [4.69, 9.17) is 0 Å². The normalized spacial score (nSPS) is 10.9. The maximum Gasteiger partial charge on any atom is 0.275 e. The molecule has 0 aliphatic rings. The lowest BCUT2D eigenvalue weighted by Crippen LogP contribution is -2.12. The first-order valence-electron chi connectivity index (χ1n) is 7.42. The second kappa shape index (κ2) is 5.62. The third kappa shape index (κ3) is 2.52. The smallest absolute Gasteiger partial charge is 0.275 e. The van der Waals surface area contributed by atoms with E-state index in [0.717, 1.165) is 17.3 Å². The Morgan fingerprint density at radius 2 is 2.04 bits per heavy atom. The van der Waals surface area contributed by atoms with Gasteiger partial charge in [-0.1, -0.05) is 6.07 Å². The van der Waals surface area contributed by atoms with Gasteiger partial charge in [0, 0.05) is 24.8 Å². The van der Waals surface area contributed by atoms with Crippen molar-refractivity contribution in [2.24, 2.45) is 0 Å². The van der Waals surface area contributed by atoms with Gasteiger partial charge in [0.25, 0.3) is 5.91 Å². The maximum atomic E-state index is 12.3. The molecule has 118 valence electrons. The summed E-state index contributed by atoms with van der Waals surface area (Å²) in [4.78, 5) is 25.1. The molecule has 4 heterocycles. The van der Waals surface area contributed by atoms with Crippen LogP contribution in [0.5, 0.6) is 0 Å². The molecule has 0 atom stereocenters. The molecule has 0 fully saturated rings. The highest BCUT2D eigenvalue weighted by Crippen LogP contribution is 2.13. The molecule has 24 heavy (non-hydrogen) atoms. The number of imidazole rings is 2. The molecule has 0 spiro atoms. The van der Waals surface area contributed by atoms with E-state index in [0.29, 0.717) is 11.4 Å². The number of amides is 1. The van der Waals surface area contributed by atoms with Crippen LogP contribution in [0.3, 0.4) is 0 Å². The molecule has 4 aromatic rings. The molecule has 4 rings (SSSR count). The van der Waals surface area contributed by atoms with Gasteiger partial charge in [0.15, 0.2) is 0 Å². The first kappa shape index (κ1) is 14.1. The van der Waals surface area contributed by atoms with Crippen LogP contribution in [0.1, 0.15) is 16.3 Å². The Kier molecular flexibility index (Phi) is 3.31. The average Bonchev–Trinajstić information content (AvgIpc) is 3.21. The number of carbonyl (C=O) groups excluding carboxylic acids is 1. The highest BCUT2D eigenvalue weighted by molar-refractivity contribution is 6.03. The second-order valence-corrected chi connectivity index (χ2v) is 5.30. The minimum absolute atomic E-state index is 0.271. The number of anilines is 1. The molecular weight excluding hydrogens is 304 g/mol. The van der Waals surface area contributed by atoms with Gasteiger partial charge in [-0.15, -0.1) is 0 Å². The number of rotatable bonds is 3. The fourth-order valence-corrected chi connectivity index (χ4v) is 2.46. The summed E-state index contributed by atoms with van der Waals surface area (Å²) in [7, 11) is 0. The fraction of sp³-hybridized carbons (Fsp3) is 0.0588. The molecule has 0 unspecified atom stereocenters. The van der Waals surface area contributed by atoms with Gasteiger partial charge < -0.3 is 9.72 Å². The van der Waals surface area contributed by atoms with Crippen molar-refractivity contribution < 1.29 is 4.79 Å². The van der Waals surface area contributed by atoms with E-state index >= 15 is 0 Å². The number of carbonyl (C=O) groups is 1. The number of nitrogens with one attached hydrogen (secondary N) is 1. The first-order valence-corrected chi connectivity index (χ1v) is 7.42. The molecule has 0 aromatic carbocycles. The summed E-state index contributed by atoms with van der Waals surface area (Å²) in [5.74, 6) is 1.33. The van der Waals surface area contributed by atoms with Gasteiger partial charge in [0.2, 0.25) is 0 Å². The number of fused-ring (bicyclic) bond motifs is 1. The van der Waals surface area contributed by atoms with Crippen LogP contribution in [-0.4, -0.2) is 29.8 Å². The number of aryl methyl sites for hydroxylation is 1. The second-order valence-electron chi connectivity index (χ2n) is 5.30. The summed E-state index contributed by atoms with van der Waals surface area (Å²) >= 11 is 0. The number of pyridine rings is 2. The molecule has 0 saturated heterocycles. The Bertz CT molecular complexity index is 982. The predicted octanol–water partition coefficient (Wildman–Crippen LogP) is 2.48. The molecule has 0 bridgehead atoms. The van der Waals surface area contributed by atoms with Gasteiger partial charge in [-0.25, -0.2) is 15.0 Å². The van der Waals surface area contributed by atoms with E-state index in [9.17, 15) is 4.79 Å². The van der Waals surface area contributed by atoms with Gasteiger partial charge in [-0.3, -0.25) is 9.36 Å². The Morgan fingerprint density at radius 1 is 1.12 bits per heavy atom. The minimum Gasteiger partial charge on any atom is -0.319 e. The number of aromatic nitrogens is 5. The van der Waals surface area contributed by atoms with E-state index in [2.05, 4.69) is 20.3 Å². The number of hydrogen-bond donors (Lipinski definition) is 1. The highest BCUT2D eigenvalue weighted by atomic mass is 16.1. The predicted molar refractivity (Wildman–Crippen MR) is 89.2 cm³/mol. The van der Waals surface area contributed by atoms with Gasteiger partial charge >= 0.3 is 0 Å². The molecule has 7 heteroatoms. The topological polar surface area (TPSA) is 77.1 Å². The van der Waals surface area contributed by atoms with Gasteiger partial charge in [0.05, 0.1) is 11.9 Å². The van der Waals surface area contributed by atoms with Crippen molar-refractivity contribution in [3.63, 3.8) is 0 Å². The van der Waals surface area contributed by atoms with Crippen LogP contribution in [0, 0.1) is 6.92 Å². The van der Waals surface area contributed by atoms with Crippen LogP contribution < -0.4 is 5.32 Å². The van der Waals surface area contributed by atoms with E-state index in [1.165, 1.54) is 0 Å². The summed E-state index contributed by atoms with van der Waals surface area (Å²) in [5.41, 5.74) is 1.70. The summed E-state index contributed by atoms with van der Waals surface area (Å²) < 4.78 is 3.67. The van der Waals surface area contributed by atoms with Crippen molar-refractivity contribution in [1.29, 1.82) is 0 Å². The van der Waals surface area contributed by atoms with Crippen molar-refractivity contribution in [3.05, 3.63) is 72.8 Å². The zero-order valence-electron chi connectivity index (χ0n) is 12.9. The molecule has 4 aromatic heterocycles. The van der Waals surface area contributed by atoms with Gasteiger partial charge in [0.1, 0.15) is 23.0 Å². The van der Waals surface area contributed by atoms with Crippen LogP contribution in [0.25, 0.3) is 11.5 Å². The van der Waals surface area contributed by atoms with Crippen molar-refractivity contribution in [2.45, 2.75) is 6.92 Å². The lowest BCUT2D eigenvalue weighted by atomic mass is 10.3. The molecular formula is C17H14N6O. The Labute approximate surface area is 137 Å². The molecule has 0 saturated carbocycles. The highest BCUT2D eigenvalue weighted by Gasteiger charge is 2.11. The van der Waals surface area contributed by atoms with Gasteiger partial charge in [-0.05, 0) is 31.2 Å². The third-order valence-electron chi connectivity index (χ3n) is 3.67. The lowest BCUT2D eigenvalue weighted by Gasteiger charge is -2.06.